The van der Waals surface area contributed by atoms with Crippen LogP contribution in [0.25, 0.3) is 0 Å². The fourth-order valence-electron chi connectivity index (χ4n) is 2.39. The maximum atomic E-state index is 5.91. The molecule has 1 fully saturated rings. The number of nitrogens with two attached hydrogens (primary N) is 1. The molecule has 21 heavy (non-hydrogen) atoms. The highest BCUT2D eigenvalue weighted by molar-refractivity contribution is 5.59. The van der Waals surface area contributed by atoms with Crippen LogP contribution in [0.3, 0.4) is 0 Å². The predicted octanol–water partition coefficient (Wildman–Crippen LogP) is 2.19. The van der Waals surface area contributed by atoms with Crippen LogP contribution in [0.1, 0.15) is 19.8 Å². The van der Waals surface area contributed by atoms with Crippen molar-refractivity contribution in [2.45, 2.75) is 19.8 Å². The maximum Gasteiger partial charge on any atom is 0.123 e. The fourth-order valence-corrected chi connectivity index (χ4v) is 2.39. The van der Waals surface area contributed by atoms with Crippen LogP contribution < -0.4 is 15.8 Å². The minimum absolute atomic E-state index is 0.722. The quantitative estimate of drug-likeness (QED) is 0.568. The number of nitrogen functional groups attached to an aromatic ring is 1. The Balaban J connectivity index is 1.72. The molecule has 1 aliphatic heterocycles. The summed E-state index contributed by atoms with van der Waals surface area (Å²) < 4.78 is 11.0. The molecule has 1 aromatic carbocycles. The van der Waals surface area contributed by atoms with Gasteiger partial charge in [-0.05, 0) is 25.5 Å². The van der Waals surface area contributed by atoms with Crippen LogP contribution in [0.2, 0.25) is 0 Å². The Labute approximate surface area is 127 Å². The highest BCUT2D eigenvalue weighted by Crippen LogP contribution is 2.22. The number of nitrogens with zero attached hydrogens (tertiary/aromatic N) is 1. The summed E-state index contributed by atoms with van der Waals surface area (Å²) in [4.78, 5) is 2.44. The summed E-state index contributed by atoms with van der Waals surface area (Å²) in [5, 5.41) is 3.42. The van der Waals surface area contributed by atoms with Crippen molar-refractivity contribution in [3.05, 3.63) is 18.2 Å². The second-order valence-corrected chi connectivity index (χ2v) is 5.37. The molecule has 0 spiro atoms. The van der Waals surface area contributed by atoms with E-state index in [4.69, 9.17) is 15.2 Å². The highest BCUT2D eigenvalue weighted by atomic mass is 16.5. The molecule has 1 aliphatic rings. The van der Waals surface area contributed by atoms with Gasteiger partial charge in [0.05, 0.1) is 19.8 Å². The van der Waals surface area contributed by atoms with Gasteiger partial charge in [-0.25, -0.2) is 0 Å². The molecule has 3 N–H and O–H groups in total. The van der Waals surface area contributed by atoms with E-state index in [1.165, 1.54) is 0 Å². The standard InChI is InChI=1S/C16H27N3O2/c1-2-8-21-16-12-14(17)11-15(13-16)18-4-3-5-19-6-9-20-10-7-19/h11-13,18H,2-10,17H2,1H3. The van der Waals surface area contributed by atoms with Gasteiger partial charge in [0.1, 0.15) is 5.75 Å². The van der Waals surface area contributed by atoms with Crippen molar-refractivity contribution in [3.63, 3.8) is 0 Å². The molecule has 0 aromatic heterocycles. The topological polar surface area (TPSA) is 59.8 Å². The summed E-state index contributed by atoms with van der Waals surface area (Å²) in [6.45, 7) is 8.69. The lowest BCUT2D eigenvalue weighted by atomic mass is 10.2. The molecule has 0 atom stereocenters. The zero-order valence-electron chi connectivity index (χ0n) is 12.9. The molecule has 118 valence electrons. The molecule has 1 heterocycles. The van der Waals surface area contributed by atoms with Gasteiger partial charge >= 0.3 is 0 Å². The van der Waals surface area contributed by atoms with Crippen molar-refractivity contribution in [2.75, 3.05) is 57.1 Å². The van der Waals surface area contributed by atoms with Crippen molar-refractivity contribution in [1.29, 1.82) is 0 Å². The van der Waals surface area contributed by atoms with Crippen molar-refractivity contribution in [3.8, 4) is 5.75 Å². The zero-order chi connectivity index (χ0) is 14.9. The first-order chi connectivity index (χ1) is 10.3. The molecular formula is C16H27N3O2. The van der Waals surface area contributed by atoms with Gasteiger partial charge in [-0.3, -0.25) is 4.90 Å². The van der Waals surface area contributed by atoms with Gasteiger partial charge in [0, 0.05) is 43.1 Å². The summed E-state index contributed by atoms with van der Waals surface area (Å²) in [5.74, 6) is 0.840. The third-order valence-corrected chi connectivity index (χ3v) is 3.49. The number of nitrogens with one attached hydrogen (secondary N) is 1. The second kappa shape index (κ2) is 8.74. The van der Waals surface area contributed by atoms with Gasteiger partial charge < -0.3 is 20.5 Å². The van der Waals surface area contributed by atoms with Gasteiger partial charge in [-0.15, -0.1) is 0 Å². The van der Waals surface area contributed by atoms with Gasteiger partial charge in [-0.1, -0.05) is 6.92 Å². The van der Waals surface area contributed by atoms with E-state index in [9.17, 15) is 0 Å². The Kier molecular flexibility index (Phi) is 6.63. The number of benzene rings is 1. The molecule has 0 aliphatic carbocycles. The third kappa shape index (κ3) is 5.81. The molecule has 2 rings (SSSR count). The third-order valence-electron chi connectivity index (χ3n) is 3.49. The Bertz CT molecular complexity index is 420. The zero-order valence-corrected chi connectivity index (χ0v) is 12.9. The average Bonchev–Trinajstić information content (AvgIpc) is 2.50. The number of hydrogen-bond acceptors (Lipinski definition) is 5. The Morgan fingerprint density at radius 2 is 2.10 bits per heavy atom. The van der Waals surface area contributed by atoms with Gasteiger partial charge in [0.2, 0.25) is 0 Å². The van der Waals surface area contributed by atoms with Gasteiger partial charge in [-0.2, -0.15) is 0 Å². The summed E-state index contributed by atoms with van der Waals surface area (Å²) in [5.41, 5.74) is 7.68. The Morgan fingerprint density at radius 3 is 2.86 bits per heavy atom. The molecule has 0 bridgehead atoms. The number of morpholine rings is 1. The number of ether oxygens (including phenoxy) is 2. The molecular weight excluding hydrogens is 266 g/mol. The van der Waals surface area contributed by atoms with E-state index in [-0.39, 0.29) is 0 Å². The van der Waals surface area contributed by atoms with Crippen molar-refractivity contribution >= 4 is 11.4 Å². The van der Waals surface area contributed by atoms with Crippen LogP contribution in [-0.4, -0.2) is 50.9 Å². The lowest BCUT2D eigenvalue weighted by Crippen LogP contribution is -2.37. The van der Waals surface area contributed by atoms with Crippen LogP contribution in [0.15, 0.2) is 18.2 Å². The van der Waals surface area contributed by atoms with Crippen LogP contribution in [0, 0.1) is 0 Å². The van der Waals surface area contributed by atoms with E-state index in [0.29, 0.717) is 0 Å². The molecule has 0 unspecified atom stereocenters. The molecule has 0 saturated carbocycles. The molecule has 0 radical (unpaired) electrons. The van der Waals surface area contributed by atoms with Crippen molar-refractivity contribution < 1.29 is 9.47 Å². The second-order valence-electron chi connectivity index (χ2n) is 5.37. The lowest BCUT2D eigenvalue weighted by Gasteiger charge is -2.26. The number of rotatable bonds is 8. The Hall–Kier alpha value is -1.46. The van der Waals surface area contributed by atoms with Crippen molar-refractivity contribution in [1.82, 2.24) is 4.90 Å². The maximum absolute atomic E-state index is 5.91. The van der Waals surface area contributed by atoms with E-state index < -0.39 is 0 Å². The van der Waals surface area contributed by atoms with Crippen LogP contribution in [-0.2, 0) is 4.74 Å². The SMILES string of the molecule is CCCOc1cc(N)cc(NCCCN2CCOCC2)c1. The molecule has 0 amide bonds. The van der Waals surface area contributed by atoms with Crippen LogP contribution in [0.4, 0.5) is 11.4 Å². The highest BCUT2D eigenvalue weighted by Gasteiger charge is 2.09. The molecule has 5 heteroatoms. The number of anilines is 2. The fraction of sp³-hybridized carbons (Fsp3) is 0.625. The van der Waals surface area contributed by atoms with E-state index >= 15 is 0 Å². The van der Waals surface area contributed by atoms with Crippen LogP contribution in [0.5, 0.6) is 5.75 Å². The minimum Gasteiger partial charge on any atom is -0.493 e. The summed E-state index contributed by atoms with van der Waals surface area (Å²) in [7, 11) is 0. The average molecular weight is 293 g/mol. The normalized spacial score (nSPS) is 15.9. The predicted molar refractivity (Wildman–Crippen MR) is 87.0 cm³/mol. The van der Waals surface area contributed by atoms with Crippen LogP contribution >= 0.6 is 0 Å². The summed E-state index contributed by atoms with van der Waals surface area (Å²) in [6, 6.07) is 5.84. The lowest BCUT2D eigenvalue weighted by molar-refractivity contribution is 0.0378. The first kappa shape index (κ1) is 15.9. The van der Waals surface area contributed by atoms with E-state index in [1.807, 2.05) is 18.2 Å². The summed E-state index contributed by atoms with van der Waals surface area (Å²) in [6.07, 6.45) is 2.11. The first-order valence-electron chi connectivity index (χ1n) is 7.85. The van der Waals surface area contributed by atoms with Crippen molar-refractivity contribution in [2.24, 2.45) is 0 Å². The Morgan fingerprint density at radius 1 is 1.29 bits per heavy atom. The van der Waals surface area contributed by atoms with E-state index in [0.717, 1.165) is 76.0 Å². The summed E-state index contributed by atoms with van der Waals surface area (Å²) >= 11 is 0. The van der Waals surface area contributed by atoms with Gasteiger partial charge in [0.25, 0.3) is 0 Å². The molecule has 5 nitrogen and oxygen atoms in total. The first-order valence-corrected chi connectivity index (χ1v) is 7.85. The van der Waals surface area contributed by atoms with E-state index in [1.54, 1.807) is 0 Å². The molecule has 1 saturated heterocycles. The smallest absolute Gasteiger partial charge is 0.123 e. The monoisotopic (exact) mass is 293 g/mol. The largest absolute Gasteiger partial charge is 0.493 e. The minimum atomic E-state index is 0.722. The number of hydrogen-bond donors (Lipinski definition) is 2. The van der Waals surface area contributed by atoms with E-state index in [2.05, 4.69) is 17.1 Å². The van der Waals surface area contributed by atoms with Gasteiger partial charge in [0.15, 0.2) is 0 Å². The molecule has 1 aromatic rings.